The van der Waals surface area contributed by atoms with Gasteiger partial charge in [-0.1, -0.05) is 0 Å². The standard InChI is InChI=1S/C19H37N7O2.HI/c1-6-20-18(21-12-17(24(3)4)16-11-23-25(5)13-16)22-14-19(2,27)15-26-7-9-28-10-8-26;/h11,13,17,27H,6-10,12,14-15H2,1-5H3,(H2,20,21,22);1H. The van der Waals surface area contributed by atoms with Gasteiger partial charge >= 0.3 is 0 Å². The van der Waals surface area contributed by atoms with Crippen LogP contribution in [0.5, 0.6) is 0 Å². The highest BCUT2D eigenvalue weighted by Crippen LogP contribution is 2.16. The monoisotopic (exact) mass is 523 g/mol. The number of aromatic nitrogens is 2. The molecule has 168 valence electrons. The number of hydrogen-bond donors (Lipinski definition) is 3. The molecule has 2 heterocycles. The topological polar surface area (TPSA) is 90.2 Å². The lowest BCUT2D eigenvalue weighted by molar-refractivity contribution is -0.0180. The molecule has 0 aromatic carbocycles. The molecule has 1 aliphatic heterocycles. The molecule has 0 amide bonds. The van der Waals surface area contributed by atoms with Crippen LogP contribution >= 0.6 is 24.0 Å². The minimum absolute atomic E-state index is 0. The second-order valence-corrected chi connectivity index (χ2v) is 7.89. The predicted molar refractivity (Wildman–Crippen MR) is 127 cm³/mol. The number of aliphatic hydroxyl groups is 1. The van der Waals surface area contributed by atoms with E-state index in [-0.39, 0.29) is 30.0 Å². The summed E-state index contributed by atoms with van der Waals surface area (Å²) in [6.07, 6.45) is 3.92. The van der Waals surface area contributed by atoms with E-state index in [9.17, 15) is 5.11 Å². The molecule has 29 heavy (non-hydrogen) atoms. The van der Waals surface area contributed by atoms with Gasteiger partial charge in [-0.05, 0) is 27.9 Å². The highest BCUT2D eigenvalue weighted by Gasteiger charge is 2.25. The third kappa shape index (κ3) is 9.16. The Morgan fingerprint density at radius 3 is 2.62 bits per heavy atom. The maximum absolute atomic E-state index is 10.8. The first-order valence-corrected chi connectivity index (χ1v) is 10.0. The first kappa shape index (κ1) is 26.1. The molecule has 2 unspecified atom stereocenters. The second kappa shape index (κ2) is 12.7. The minimum atomic E-state index is -0.885. The average Bonchev–Trinajstić information content (AvgIpc) is 3.06. The number of nitrogens with one attached hydrogen (secondary N) is 2. The lowest BCUT2D eigenvalue weighted by Gasteiger charge is -2.33. The Morgan fingerprint density at radius 1 is 1.38 bits per heavy atom. The van der Waals surface area contributed by atoms with Crippen LogP contribution in [0.15, 0.2) is 17.4 Å². The molecule has 1 saturated heterocycles. The number of hydrogen-bond acceptors (Lipinski definition) is 6. The highest BCUT2D eigenvalue weighted by atomic mass is 127. The molecule has 2 atom stereocenters. The van der Waals surface area contributed by atoms with E-state index in [0.29, 0.717) is 25.6 Å². The summed E-state index contributed by atoms with van der Waals surface area (Å²) in [6, 6.07) is 0.173. The van der Waals surface area contributed by atoms with Crippen molar-refractivity contribution in [3.8, 4) is 0 Å². The van der Waals surface area contributed by atoms with E-state index in [1.54, 1.807) is 0 Å². The van der Waals surface area contributed by atoms with Crippen molar-refractivity contribution in [2.75, 3.05) is 66.6 Å². The van der Waals surface area contributed by atoms with Crippen LogP contribution in [-0.2, 0) is 11.8 Å². The van der Waals surface area contributed by atoms with E-state index in [2.05, 4.69) is 44.6 Å². The Kier molecular flexibility index (Phi) is 11.4. The third-order valence-corrected chi connectivity index (χ3v) is 4.79. The van der Waals surface area contributed by atoms with Gasteiger partial charge < -0.3 is 25.4 Å². The molecule has 9 nitrogen and oxygen atoms in total. The maximum Gasteiger partial charge on any atom is 0.191 e. The summed E-state index contributed by atoms with van der Waals surface area (Å²) in [4.78, 5) is 9.01. The lowest BCUT2D eigenvalue weighted by atomic mass is 10.1. The zero-order valence-corrected chi connectivity index (χ0v) is 20.7. The smallest absolute Gasteiger partial charge is 0.191 e. The van der Waals surface area contributed by atoms with E-state index in [1.165, 1.54) is 0 Å². The van der Waals surface area contributed by atoms with E-state index < -0.39 is 5.60 Å². The molecule has 1 aliphatic rings. The average molecular weight is 523 g/mol. The SMILES string of the molecule is CCNC(=NCC(C)(O)CN1CCOCC1)NCC(c1cnn(C)c1)N(C)C.I. The minimum Gasteiger partial charge on any atom is -0.387 e. The summed E-state index contributed by atoms with van der Waals surface area (Å²) >= 11 is 0. The summed E-state index contributed by atoms with van der Waals surface area (Å²) in [7, 11) is 6.03. The van der Waals surface area contributed by atoms with Crippen LogP contribution in [0.4, 0.5) is 0 Å². The van der Waals surface area contributed by atoms with Crippen molar-refractivity contribution in [1.82, 2.24) is 30.2 Å². The highest BCUT2D eigenvalue weighted by molar-refractivity contribution is 14.0. The lowest BCUT2D eigenvalue weighted by Crippen LogP contribution is -2.48. The van der Waals surface area contributed by atoms with E-state index in [4.69, 9.17) is 4.74 Å². The number of halogens is 1. The van der Waals surface area contributed by atoms with Crippen LogP contribution in [0.2, 0.25) is 0 Å². The number of β-amino-alcohol motifs (C(OH)–C–C–N with tert-alkyl or cyclic N) is 1. The fourth-order valence-corrected chi connectivity index (χ4v) is 3.29. The van der Waals surface area contributed by atoms with Gasteiger partial charge in [0.15, 0.2) is 5.96 Å². The zero-order valence-electron chi connectivity index (χ0n) is 18.4. The Morgan fingerprint density at radius 2 is 2.07 bits per heavy atom. The Balaban J connectivity index is 0.00000420. The predicted octanol–water partition coefficient (Wildman–Crippen LogP) is 0.279. The second-order valence-electron chi connectivity index (χ2n) is 7.89. The van der Waals surface area contributed by atoms with Crippen molar-refractivity contribution in [3.63, 3.8) is 0 Å². The summed E-state index contributed by atoms with van der Waals surface area (Å²) in [5.41, 5.74) is 0.263. The van der Waals surface area contributed by atoms with Crippen molar-refractivity contribution in [3.05, 3.63) is 18.0 Å². The molecule has 0 bridgehead atoms. The molecular formula is C19H38IN7O2. The van der Waals surface area contributed by atoms with Gasteiger partial charge in [-0.2, -0.15) is 5.10 Å². The zero-order chi connectivity index (χ0) is 20.6. The normalized spacial score (nSPS) is 18.8. The first-order chi connectivity index (χ1) is 13.3. The van der Waals surface area contributed by atoms with Gasteiger partial charge in [0.1, 0.15) is 0 Å². The third-order valence-electron chi connectivity index (χ3n) is 4.79. The molecule has 2 rings (SSSR count). The van der Waals surface area contributed by atoms with Crippen molar-refractivity contribution < 1.29 is 9.84 Å². The van der Waals surface area contributed by atoms with Crippen molar-refractivity contribution in [2.45, 2.75) is 25.5 Å². The van der Waals surface area contributed by atoms with Gasteiger partial charge in [-0.15, -0.1) is 24.0 Å². The van der Waals surface area contributed by atoms with Gasteiger partial charge in [0.25, 0.3) is 0 Å². The molecule has 1 fully saturated rings. The number of nitrogens with zero attached hydrogens (tertiary/aromatic N) is 5. The Hall–Kier alpha value is -0.950. The fourth-order valence-electron chi connectivity index (χ4n) is 3.29. The molecular weight excluding hydrogens is 485 g/mol. The number of rotatable bonds is 9. The van der Waals surface area contributed by atoms with Gasteiger partial charge in [0.2, 0.25) is 0 Å². The number of aliphatic imine (C=N–C) groups is 1. The summed E-state index contributed by atoms with van der Waals surface area (Å²) < 4.78 is 7.19. The Bertz CT molecular complexity index is 615. The van der Waals surface area contributed by atoms with Gasteiger partial charge in [-0.3, -0.25) is 14.6 Å². The van der Waals surface area contributed by atoms with Crippen LogP contribution in [0, 0.1) is 0 Å². The van der Waals surface area contributed by atoms with Crippen molar-refractivity contribution in [2.24, 2.45) is 12.0 Å². The van der Waals surface area contributed by atoms with Crippen LogP contribution in [0.3, 0.4) is 0 Å². The molecule has 10 heteroatoms. The summed E-state index contributed by atoms with van der Waals surface area (Å²) in [5.74, 6) is 0.709. The number of morpholine rings is 1. The summed E-state index contributed by atoms with van der Waals surface area (Å²) in [5, 5.41) is 21.7. The molecule has 0 aliphatic carbocycles. The molecule has 0 radical (unpaired) electrons. The Labute approximate surface area is 191 Å². The quantitative estimate of drug-likeness (QED) is 0.244. The molecule has 0 saturated carbocycles. The number of likely N-dealkylation sites (N-methyl/N-ethyl adjacent to an activating group) is 1. The van der Waals surface area contributed by atoms with Gasteiger partial charge in [-0.25, -0.2) is 0 Å². The van der Waals surface area contributed by atoms with Crippen molar-refractivity contribution in [1.29, 1.82) is 0 Å². The van der Waals surface area contributed by atoms with Gasteiger partial charge in [0.05, 0.1) is 37.6 Å². The van der Waals surface area contributed by atoms with Crippen LogP contribution in [0.25, 0.3) is 0 Å². The maximum atomic E-state index is 10.8. The van der Waals surface area contributed by atoms with Crippen LogP contribution < -0.4 is 10.6 Å². The molecule has 0 spiro atoms. The van der Waals surface area contributed by atoms with Crippen LogP contribution in [-0.4, -0.2) is 103 Å². The van der Waals surface area contributed by atoms with Gasteiger partial charge in [0, 0.05) is 51.5 Å². The molecule has 1 aromatic heterocycles. The number of aryl methyl sites for hydroxylation is 1. The fraction of sp³-hybridized carbons (Fsp3) is 0.789. The van der Waals surface area contributed by atoms with Crippen molar-refractivity contribution >= 4 is 29.9 Å². The van der Waals surface area contributed by atoms with Crippen LogP contribution in [0.1, 0.15) is 25.5 Å². The first-order valence-electron chi connectivity index (χ1n) is 10.0. The summed E-state index contributed by atoms with van der Waals surface area (Å²) in [6.45, 7) is 9.41. The van der Waals surface area contributed by atoms with E-state index in [0.717, 1.165) is 38.4 Å². The van der Waals surface area contributed by atoms with E-state index in [1.807, 2.05) is 38.0 Å². The molecule has 1 aromatic rings. The molecule has 3 N–H and O–H groups in total. The number of ether oxygens (including phenoxy) is 1. The largest absolute Gasteiger partial charge is 0.387 e. The van der Waals surface area contributed by atoms with E-state index >= 15 is 0 Å². The number of guanidine groups is 1.